The first kappa shape index (κ1) is 25.1. The summed E-state index contributed by atoms with van der Waals surface area (Å²) in [6, 6.07) is 7.80. The molecule has 0 radical (unpaired) electrons. The van der Waals surface area contributed by atoms with Gasteiger partial charge in [0.15, 0.2) is 0 Å². The molecule has 9 heteroatoms. The molecule has 0 bridgehead atoms. The molecule has 1 N–H and O–H groups in total. The summed E-state index contributed by atoms with van der Waals surface area (Å²) in [7, 11) is 2.17. The van der Waals surface area contributed by atoms with Crippen LogP contribution in [0.2, 0.25) is 5.02 Å². The molecule has 2 amide bonds. The molecule has 2 aliphatic rings. The highest BCUT2D eigenvalue weighted by molar-refractivity contribution is 7.18. The van der Waals surface area contributed by atoms with Crippen LogP contribution in [0.4, 0.5) is 5.69 Å². The zero-order valence-corrected chi connectivity index (χ0v) is 22.5. The number of carbonyl (C=O) groups excluding carboxylic acids is 2. The molecule has 7 nitrogen and oxygen atoms in total. The zero-order valence-electron chi connectivity index (χ0n) is 21.0. The molecule has 0 saturated carbocycles. The van der Waals surface area contributed by atoms with Gasteiger partial charge in [-0.3, -0.25) is 14.6 Å². The van der Waals surface area contributed by atoms with Gasteiger partial charge in [0.1, 0.15) is 0 Å². The molecule has 190 valence electrons. The number of thiazole rings is 1. The molecule has 2 fully saturated rings. The van der Waals surface area contributed by atoms with Crippen LogP contribution in [0.3, 0.4) is 0 Å². The molecule has 0 aliphatic carbocycles. The molecule has 4 heterocycles. The second kappa shape index (κ2) is 10.4. The van der Waals surface area contributed by atoms with Gasteiger partial charge in [-0.2, -0.15) is 0 Å². The van der Waals surface area contributed by atoms with Gasteiger partial charge in [0.05, 0.1) is 43.9 Å². The summed E-state index contributed by atoms with van der Waals surface area (Å²) >= 11 is 7.92. The van der Waals surface area contributed by atoms with Crippen LogP contribution in [0, 0.1) is 12.8 Å². The summed E-state index contributed by atoms with van der Waals surface area (Å²) in [6.45, 7) is 6.66. The highest BCUT2D eigenvalue weighted by atomic mass is 35.5. The van der Waals surface area contributed by atoms with Crippen molar-refractivity contribution in [2.24, 2.45) is 5.92 Å². The zero-order chi connectivity index (χ0) is 25.4. The van der Waals surface area contributed by atoms with Gasteiger partial charge in [-0.05, 0) is 82.4 Å². The SMILES string of the molecule is Cc1ncc(NC(=O)C(=O)N2C[C@@H](C)CC[C@@H]2c2ccc3sc(C4CCN(C)CC4)nc3c2)cc1Cl. The van der Waals surface area contributed by atoms with Crippen LogP contribution in [-0.4, -0.2) is 58.3 Å². The lowest BCUT2D eigenvalue weighted by Gasteiger charge is -2.38. The Balaban J connectivity index is 1.36. The van der Waals surface area contributed by atoms with E-state index in [2.05, 4.69) is 47.4 Å². The van der Waals surface area contributed by atoms with E-state index in [1.54, 1.807) is 29.2 Å². The number of carbonyl (C=O) groups is 2. The van der Waals surface area contributed by atoms with Crippen molar-refractivity contribution < 1.29 is 9.59 Å². The summed E-state index contributed by atoms with van der Waals surface area (Å²) < 4.78 is 1.18. The number of rotatable bonds is 3. The molecule has 1 aromatic carbocycles. The molecular weight excluding hydrogens is 494 g/mol. The van der Waals surface area contributed by atoms with Crippen molar-refractivity contribution in [1.29, 1.82) is 0 Å². The van der Waals surface area contributed by atoms with Crippen molar-refractivity contribution in [3.63, 3.8) is 0 Å². The number of benzene rings is 1. The molecule has 5 rings (SSSR count). The fraction of sp³-hybridized carbons (Fsp3) is 0.481. The van der Waals surface area contributed by atoms with Gasteiger partial charge in [0.25, 0.3) is 0 Å². The van der Waals surface area contributed by atoms with E-state index in [0.717, 1.165) is 49.9 Å². The Morgan fingerprint density at radius 3 is 2.67 bits per heavy atom. The highest BCUT2D eigenvalue weighted by Crippen LogP contribution is 2.38. The third-order valence-electron chi connectivity index (χ3n) is 7.44. The standard InChI is InChI=1S/C27H32ClN5O2S/c1-16-4-6-23(33(15-16)27(35)25(34)30-20-13-21(28)17(2)29-14-20)19-5-7-24-22(12-19)31-26(36-24)18-8-10-32(3)11-9-18/h5,7,12-14,16,18,23H,4,6,8-11,15H2,1-3H3,(H,30,34)/t16-,23+/m0/s1. The number of pyridine rings is 1. The number of anilines is 1. The molecule has 0 spiro atoms. The minimum atomic E-state index is -0.671. The normalized spacial score (nSPS) is 21.6. The topological polar surface area (TPSA) is 78.4 Å². The van der Waals surface area contributed by atoms with Gasteiger partial charge < -0.3 is 15.1 Å². The van der Waals surface area contributed by atoms with Crippen LogP contribution < -0.4 is 5.32 Å². The Morgan fingerprint density at radius 1 is 1.14 bits per heavy atom. The van der Waals surface area contributed by atoms with E-state index < -0.39 is 11.8 Å². The number of amides is 2. The maximum atomic E-state index is 13.3. The Morgan fingerprint density at radius 2 is 1.92 bits per heavy atom. The van der Waals surface area contributed by atoms with E-state index in [9.17, 15) is 9.59 Å². The van der Waals surface area contributed by atoms with E-state index in [1.807, 2.05) is 0 Å². The van der Waals surface area contributed by atoms with Gasteiger partial charge in [-0.1, -0.05) is 24.6 Å². The highest BCUT2D eigenvalue weighted by Gasteiger charge is 2.34. The summed E-state index contributed by atoms with van der Waals surface area (Å²) in [5, 5.41) is 4.33. The van der Waals surface area contributed by atoms with Gasteiger partial charge in [0.2, 0.25) is 0 Å². The third-order valence-corrected chi connectivity index (χ3v) is 9.02. The molecule has 2 saturated heterocycles. The molecular formula is C27H32ClN5O2S. The smallest absolute Gasteiger partial charge is 0.313 e. The van der Waals surface area contributed by atoms with E-state index in [-0.39, 0.29) is 6.04 Å². The lowest BCUT2D eigenvalue weighted by Crippen LogP contribution is -2.46. The quantitative estimate of drug-likeness (QED) is 0.463. The van der Waals surface area contributed by atoms with Crippen LogP contribution in [0.15, 0.2) is 30.5 Å². The Kier molecular flexibility index (Phi) is 7.28. The van der Waals surface area contributed by atoms with Crippen molar-refractivity contribution in [3.8, 4) is 0 Å². The minimum Gasteiger partial charge on any atom is -0.327 e. The lowest BCUT2D eigenvalue weighted by molar-refractivity contribution is -0.146. The Hall–Kier alpha value is -2.55. The second-order valence-corrected chi connectivity index (χ2v) is 11.7. The molecule has 2 aromatic heterocycles. The second-order valence-electron chi connectivity index (χ2n) is 10.3. The number of halogens is 1. The molecule has 36 heavy (non-hydrogen) atoms. The van der Waals surface area contributed by atoms with Gasteiger partial charge in [-0.25, -0.2) is 4.98 Å². The molecule has 2 atom stereocenters. The first-order valence-corrected chi connectivity index (χ1v) is 13.8. The number of hydrogen-bond acceptors (Lipinski definition) is 6. The minimum absolute atomic E-state index is 0.155. The number of fused-ring (bicyclic) bond motifs is 1. The van der Waals surface area contributed by atoms with Gasteiger partial charge >= 0.3 is 11.8 Å². The Bertz CT molecular complexity index is 1290. The number of aryl methyl sites for hydroxylation is 1. The fourth-order valence-electron chi connectivity index (χ4n) is 5.21. The van der Waals surface area contributed by atoms with E-state index in [0.29, 0.717) is 34.8 Å². The van der Waals surface area contributed by atoms with Crippen molar-refractivity contribution in [3.05, 3.63) is 51.7 Å². The van der Waals surface area contributed by atoms with Crippen LogP contribution in [0.1, 0.15) is 60.8 Å². The molecule has 3 aromatic rings. The van der Waals surface area contributed by atoms with Gasteiger partial charge in [0, 0.05) is 12.5 Å². The average Bonchev–Trinajstić information content (AvgIpc) is 3.29. The van der Waals surface area contributed by atoms with E-state index in [1.165, 1.54) is 15.9 Å². The first-order chi connectivity index (χ1) is 17.3. The number of hydrogen-bond donors (Lipinski definition) is 1. The van der Waals surface area contributed by atoms with Crippen LogP contribution >= 0.6 is 22.9 Å². The number of nitrogens with zero attached hydrogens (tertiary/aromatic N) is 4. The van der Waals surface area contributed by atoms with E-state index in [4.69, 9.17) is 16.6 Å². The number of likely N-dealkylation sites (tertiary alicyclic amines) is 2. The van der Waals surface area contributed by atoms with Crippen molar-refractivity contribution in [1.82, 2.24) is 19.8 Å². The van der Waals surface area contributed by atoms with Crippen molar-refractivity contribution >= 4 is 50.7 Å². The van der Waals surface area contributed by atoms with Crippen molar-refractivity contribution in [2.75, 3.05) is 32.0 Å². The fourth-order valence-corrected chi connectivity index (χ4v) is 6.50. The molecule has 2 aliphatic heterocycles. The maximum Gasteiger partial charge on any atom is 0.313 e. The summed E-state index contributed by atoms with van der Waals surface area (Å²) in [5.41, 5.74) is 3.11. The average molecular weight is 526 g/mol. The number of aromatic nitrogens is 2. The number of piperidine rings is 2. The summed E-state index contributed by atoms with van der Waals surface area (Å²) in [5.74, 6) is -0.361. The van der Waals surface area contributed by atoms with Gasteiger partial charge in [-0.15, -0.1) is 11.3 Å². The van der Waals surface area contributed by atoms with Crippen LogP contribution in [-0.2, 0) is 9.59 Å². The molecule has 0 unspecified atom stereocenters. The van der Waals surface area contributed by atoms with Crippen LogP contribution in [0.25, 0.3) is 10.2 Å². The predicted molar refractivity (Wildman–Crippen MR) is 145 cm³/mol. The van der Waals surface area contributed by atoms with Crippen LogP contribution in [0.5, 0.6) is 0 Å². The third kappa shape index (κ3) is 5.26. The summed E-state index contributed by atoms with van der Waals surface area (Å²) in [4.78, 5) is 39.5. The monoisotopic (exact) mass is 525 g/mol. The summed E-state index contributed by atoms with van der Waals surface area (Å²) in [6.07, 6.45) is 5.62. The van der Waals surface area contributed by atoms with Crippen molar-refractivity contribution in [2.45, 2.75) is 51.5 Å². The number of nitrogens with one attached hydrogen (secondary N) is 1. The Labute approximate surface area is 220 Å². The first-order valence-electron chi connectivity index (χ1n) is 12.6. The predicted octanol–water partition coefficient (Wildman–Crippen LogP) is 5.40. The largest absolute Gasteiger partial charge is 0.327 e. The lowest BCUT2D eigenvalue weighted by atomic mass is 9.89. The maximum absolute atomic E-state index is 13.3. The van der Waals surface area contributed by atoms with E-state index >= 15 is 0 Å².